The molecule has 3 nitrogen and oxygen atoms in total. The second-order valence-electron chi connectivity index (χ2n) is 5.34. The number of benzene rings is 1. The fourth-order valence-electron chi connectivity index (χ4n) is 2.33. The number of hydrogen-bond donors (Lipinski definition) is 1. The number of anilines is 1. The van der Waals surface area contributed by atoms with Crippen molar-refractivity contribution in [2.75, 3.05) is 5.73 Å². The van der Waals surface area contributed by atoms with Gasteiger partial charge in [-0.05, 0) is 12.5 Å². The average molecular weight is 336 g/mol. The molecule has 0 atom stereocenters. The largest absolute Gasteiger partial charge is 0.383 e. The van der Waals surface area contributed by atoms with Gasteiger partial charge in [0.2, 0.25) is 0 Å². The quantitative estimate of drug-likeness (QED) is 0.851. The van der Waals surface area contributed by atoms with Crippen molar-refractivity contribution in [1.29, 1.82) is 0 Å². The van der Waals surface area contributed by atoms with Crippen LogP contribution in [-0.2, 0) is 6.54 Å². The summed E-state index contributed by atoms with van der Waals surface area (Å²) in [5.41, 5.74) is 8.31. The van der Waals surface area contributed by atoms with E-state index >= 15 is 0 Å². The topological polar surface area (TPSA) is 43.8 Å². The lowest BCUT2D eigenvalue weighted by Gasteiger charge is -2.11. The van der Waals surface area contributed by atoms with E-state index in [-0.39, 0.29) is 0 Å². The number of rotatable bonds is 5. The zero-order valence-electron chi connectivity index (χ0n) is 12.4. The van der Waals surface area contributed by atoms with Crippen LogP contribution in [0.25, 0.3) is 11.3 Å². The van der Waals surface area contributed by atoms with Gasteiger partial charge >= 0.3 is 0 Å². The Balaban J connectivity index is 2.53. The molecule has 0 fully saturated rings. The van der Waals surface area contributed by atoms with Crippen molar-refractivity contribution in [3.8, 4) is 11.3 Å². The minimum Gasteiger partial charge on any atom is -0.383 e. The summed E-state index contributed by atoms with van der Waals surface area (Å²) in [7, 11) is 0. The molecule has 0 bridgehead atoms. The standard InChI is InChI=1S/C16H22BrN3/c1-4-5-10-20-15(18)14(19-16(20)11(2)3)12-8-6-7-9-13(12)17/h6-9,11H,4-5,10,18H2,1-3H3. The second-order valence-corrected chi connectivity index (χ2v) is 6.20. The summed E-state index contributed by atoms with van der Waals surface area (Å²) in [5, 5.41) is 0. The van der Waals surface area contributed by atoms with Crippen LogP contribution in [-0.4, -0.2) is 9.55 Å². The van der Waals surface area contributed by atoms with Crippen molar-refractivity contribution in [3.05, 3.63) is 34.6 Å². The molecule has 0 spiro atoms. The van der Waals surface area contributed by atoms with Gasteiger partial charge in [-0.25, -0.2) is 4.98 Å². The summed E-state index contributed by atoms with van der Waals surface area (Å²) in [4.78, 5) is 4.80. The third-order valence-corrected chi connectivity index (χ3v) is 4.11. The van der Waals surface area contributed by atoms with Crippen LogP contribution in [0.5, 0.6) is 0 Å². The van der Waals surface area contributed by atoms with Crippen molar-refractivity contribution >= 4 is 21.7 Å². The van der Waals surface area contributed by atoms with E-state index in [1.54, 1.807) is 0 Å². The highest BCUT2D eigenvalue weighted by atomic mass is 79.9. The van der Waals surface area contributed by atoms with Crippen LogP contribution in [0.3, 0.4) is 0 Å². The molecular formula is C16H22BrN3. The monoisotopic (exact) mass is 335 g/mol. The molecule has 2 N–H and O–H groups in total. The van der Waals surface area contributed by atoms with Crippen molar-refractivity contribution < 1.29 is 0 Å². The first-order valence-electron chi connectivity index (χ1n) is 7.17. The molecule has 1 aromatic heterocycles. The summed E-state index contributed by atoms with van der Waals surface area (Å²) in [6.07, 6.45) is 2.27. The first-order chi connectivity index (χ1) is 9.56. The van der Waals surface area contributed by atoms with Gasteiger partial charge in [0.15, 0.2) is 0 Å². The van der Waals surface area contributed by atoms with Crippen LogP contribution in [0, 0.1) is 0 Å². The molecule has 0 saturated heterocycles. The van der Waals surface area contributed by atoms with Gasteiger partial charge in [-0.2, -0.15) is 0 Å². The minimum absolute atomic E-state index is 0.366. The molecule has 2 aromatic rings. The number of nitrogen functional groups attached to an aromatic ring is 1. The molecule has 2 rings (SSSR count). The summed E-state index contributed by atoms with van der Waals surface area (Å²) >= 11 is 3.59. The first kappa shape index (κ1) is 15.1. The molecule has 0 saturated carbocycles. The zero-order chi connectivity index (χ0) is 14.7. The third kappa shape index (κ3) is 2.90. The highest BCUT2D eigenvalue weighted by molar-refractivity contribution is 9.10. The molecule has 108 valence electrons. The summed E-state index contributed by atoms with van der Waals surface area (Å²) in [5.74, 6) is 2.21. The Kier molecular flexibility index (Phi) is 4.86. The van der Waals surface area contributed by atoms with Gasteiger partial charge in [0, 0.05) is 22.5 Å². The van der Waals surface area contributed by atoms with Crippen LogP contribution in [0.15, 0.2) is 28.7 Å². The van der Waals surface area contributed by atoms with Crippen molar-refractivity contribution in [3.63, 3.8) is 0 Å². The van der Waals surface area contributed by atoms with E-state index in [1.165, 1.54) is 0 Å². The van der Waals surface area contributed by atoms with Crippen LogP contribution in [0.4, 0.5) is 5.82 Å². The molecule has 0 unspecified atom stereocenters. The number of nitrogens with zero attached hydrogens (tertiary/aromatic N) is 2. The maximum Gasteiger partial charge on any atom is 0.131 e. The van der Waals surface area contributed by atoms with E-state index in [0.717, 1.165) is 46.8 Å². The van der Waals surface area contributed by atoms with Crippen LogP contribution >= 0.6 is 15.9 Å². The molecular weight excluding hydrogens is 314 g/mol. The van der Waals surface area contributed by atoms with E-state index in [2.05, 4.69) is 47.3 Å². The normalized spacial score (nSPS) is 11.2. The van der Waals surface area contributed by atoms with E-state index in [0.29, 0.717) is 5.92 Å². The Labute approximate surface area is 129 Å². The molecule has 0 aliphatic heterocycles. The van der Waals surface area contributed by atoms with Gasteiger partial charge in [0.25, 0.3) is 0 Å². The van der Waals surface area contributed by atoms with Crippen LogP contribution in [0.2, 0.25) is 0 Å². The third-order valence-electron chi connectivity index (χ3n) is 3.42. The Morgan fingerprint density at radius 3 is 2.60 bits per heavy atom. The summed E-state index contributed by atoms with van der Waals surface area (Å²) in [6, 6.07) is 8.09. The summed E-state index contributed by atoms with van der Waals surface area (Å²) in [6.45, 7) is 7.45. The van der Waals surface area contributed by atoms with E-state index in [1.807, 2.05) is 18.2 Å². The van der Waals surface area contributed by atoms with Gasteiger partial charge in [0.1, 0.15) is 17.3 Å². The average Bonchev–Trinajstić information content (AvgIpc) is 2.74. The van der Waals surface area contributed by atoms with Crippen LogP contribution in [0.1, 0.15) is 45.4 Å². The van der Waals surface area contributed by atoms with E-state index in [9.17, 15) is 0 Å². The molecule has 0 radical (unpaired) electrons. The van der Waals surface area contributed by atoms with Crippen molar-refractivity contribution in [2.24, 2.45) is 0 Å². The zero-order valence-corrected chi connectivity index (χ0v) is 13.9. The lowest BCUT2D eigenvalue weighted by molar-refractivity contribution is 0.588. The number of imidazole rings is 1. The van der Waals surface area contributed by atoms with Gasteiger partial charge in [-0.1, -0.05) is 61.3 Å². The number of halogens is 1. The Bertz CT molecular complexity index is 587. The molecule has 0 amide bonds. The Morgan fingerprint density at radius 2 is 2.00 bits per heavy atom. The van der Waals surface area contributed by atoms with E-state index < -0.39 is 0 Å². The van der Waals surface area contributed by atoms with Gasteiger partial charge in [-0.3, -0.25) is 0 Å². The van der Waals surface area contributed by atoms with Crippen LogP contribution < -0.4 is 5.73 Å². The lowest BCUT2D eigenvalue weighted by atomic mass is 10.1. The SMILES string of the molecule is CCCCn1c(C(C)C)nc(-c2ccccc2Br)c1N. The predicted octanol–water partition coefficient (Wildman–Crippen LogP) is 4.82. The highest BCUT2D eigenvalue weighted by Crippen LogP contribution is 2.34. The Morgan fingerprint density at radius 1 is 1.30 bits per heavy atom. The molecule has 20 heavy (non-hydrogen) atoms. The van der Waals surface area contributed by atoms with Gasteiger partial charge < -0.3 is 10.3 Å². The number of unbranched alkanes of at least 4 members (excludes halogenated alkanes) is 1. The number of aromatic nitrogens is 2. The Hall–Kier alpha value is -1.29. The molecule has 0 aliphatic rings. The molecule has 4 heteroatoms. The molecule has 0 aliphatic carbocycles. The highest BCUT2D eigenvalue weighted by Gasteiger charge is 2.19. The summed E-state index contributed by atoms with van der Waals surface area (Å²) < 4.78 is 3.20. The van der Waals surface area contributed by atoms with Gasteiger partial charge in [-0.15, -0.1) is 0 Å². The molecule has 1 aromatic carbocycles. The smallest absolute Gasteiger partial charge is 0.131 e. The first-order valence-corrected chi connectivity index (χ1v) is 7.96. The second kappa shape index (κ2) is 6.44. The fourth-order valence-corrected chi connectivity index (χ4v) is 2.80. The van der Waals surface area contributed by atoms with E-state index in [4.69, 9.17) is 10.7 Å². The fraction of sp³-hybridized carbons (Fsp3) is 0.438. The predicted molar refractivity (Wildman–Crippen MR) is 88.8 cm³/mol. The van der Waals surface area contributed by atoms with Crippen molar-refractivity contribution in [1.82, 2.24) is 9.55 Å². The lowest BCUT2D eigenvalue weighted by Crippen LogP contribution is -2.08. The molecule has 1 heterocycles. The number of hydrogen-bond acceptors (Lipinski definition) is 2. The maximum atomic E-state index is 6.36. The van der Waals surface area contributed by atoms with Gasteiger partial charge in [0.05, 0.1) is 0 Å². The minimum atomic E-state index is 0.366. The number of nitrogens with two attached hydrogens (primary N) is 1. The van der Waals surface area contributed by atoms with Crippen molar-refractivity contribution in [2.45, 2.75) is 46.1 Å². The maximum absolute atomic E-state index is 6.36.